The lowest BCUT2D eigenvalue weighted by Crippen LogP contribution is -1.90. The SMILES string of the molecule is C=Cc1ccc2ccc(-c3ccc(-c4ccc(-c5ncc(-c6ccccc6)cn5)cc4)cc3)nc2c1N=C. The molecule has 0 unspecified atom stereocenters. The van der Waals surface area contributed by atoms with Crippen LogP contribution in [0.4, 0.5) is 5.69 Å². The third-order valence-corrected chi connectivity index (χ3v) is 6.66. The third kappa shape index (κ3) is 4.40. The van der Waals surface area contributed by atoms with E-state index in [1.807, 2.05) is 48.8 Å². The van der Waals surface area contributed by atoms with Crippen LogP contribution in [-0.2, 0) is 0 Å². The Hall–Kier alpha value is -5.22. The van der Waals surface area contributed by atoms with Crippen molar-refractivity contribution in [2.75, 3.05) is 0 Å². The first-order chi connectivity index (χ1) is 18.7. The summed E-state index contributed by atoms with van der Waals surface area (Å²) in [7, 11) is 0. The standard InChI is InChI=1S/C34H24N4/c1-3-23-9-16-28-19-20-31(38-33(28)32(23)35-2)27-14-10-25(11-15-27)26-12-17-29(18-13-26)34-36-21-30(22-37-34)24-7-5-4-6-8-24/h3-22H,1-2H2. The highest BCUT2D eigenvalue weighted by atomic mass is 14.9. The highest BCUT2D eigenvalue weighted by molar-refractivity contribution is 5.95. The fraction of sp³-hybridized carbons (Fsp3) is 0. The Morgan fingerprint density at radius 3 is 1.79 bits per heavy atom. The van der Waals surface area contributed by atoms with Crippen LogP contribution in [0.5, 0.6) is 0 Å². The first-order valence-corrected chi connectivity index (χ1v) is 12.3. The Morgan fingerprint density at radius 1 is 0.579 bits per heavy atom. The van der Waals surface area contributed by atoms with Gasteiger partial charge in [-0.15, -0.1) is 0 Å². The van der Waals surface area contributed by atoms with Crippen molar-refractivity contribution in [1.29, 1.82) is 0 Å². The predicted octanol–water partition coefficient (Wildman–Crippen LogP) is 8.67. The monoisotopic (exact) mass is 488 g/mol. The van der Waals surface area contributed by atoms with Gasteiger partial charge in [-0.1, -0.05) is 110 Å². The van der Waals surface area contributed by atoms with Crippen molar-refractivity contribution in [3.8, 4) is 44.9 Å². The molecule has 4 heteroatoms. The summed E-state index contributed by atoms with van der Waals surface area (Å²) < 4.78 is 0. The van der Waals surface area contributed by atoms with E-state index in [9.17, 15) is 0 Å². The summed E-state index contributed by atoms with van der Waals surface area (Å²) in [5.74, 6) is 0.710. The van der Waals surface area contributed by atoms with Gasteiger partial charge in [-0.25, -0.2) is 15.0 Å². The molecule has 0 saturated carbocycles. The summed E-state index contributed by atoms with van der Waals surface area (Å²) in [4.78, 5) is 18.3. The van der Waals surface area contributed by atoms with E-state index in [4.69, 9.17) is 4.98 Å². The van der Waals surface area contributed by atoms with E-state index in [0.29, 0.717) is 5.82 Å². The molecule has 4 nitrogen and oxygen atoms in total. The summed E-state index contributed by atoms with van der Waals surface area (Å²) >= 11 is 0. The minimum atomic E-state index is 0.710. The topological polar surface area (TPSA) is 51.0 Å². The van der Waals surface area contributed by atoms with Crippen LogP contribution in [0.25, 0.3) is 61.9 Å². The maximum Gasteiger partial charge on any atom is 0.159 e. The summed E-state index contributed by atoms with van der Waals surface area (Å²) in [6, 6.07) is 35.1. The van der Waals surface area contributed by atoms with Crippen molar-refractivity contribution in [1.82, 2.24) is 15.0 Å². The van der Waals surface area contributed by atoms with E-state index in [2.05, 4.69) is 95.0 Å². The Kier molecular flexibility index (Phi) is 6.12. The van der Waals surface area contributed by atoms with Crippen molar-refractivity contribution < 1.29 is 0 Å². The van der Waals surface area contributed by atoms with Gasteiger partial charge in [-0.2, -0.15) is 0 Å². The molecule has 0 aliphatic rings. The normalized spacial score (nSPS) is 10.8. The van der Waals surface area contributed by atoms with E-state index in [0.717, 1.165) is 61.2 Å². The number of rotatable bonds is 6. The van der Waals surface area contributed by atoms with E-state index >= 15 is 0 Å². The first-order valence-electron chi connectivity index (χ1n) is 12.3. The second-order valence-electron chi connectivity index (χ2n) is 8.95. The summed E-state index contributed by atoms with van der Waals surface area (Å²) in [5, 5.41) is 1.03. The maximum absolute atomic E-state index is 4.90. The number of nitrogens with zero attached hydrogens (tertiary/aromatic N) is 4. The molecule has 38 heavy (non-hydrogen) atoms. The molecule has 0 N–H and O–H groups in total. The van der Waals surface area contributed by atoms with Crippen molar-refractivity contribution in [2.45, 2.75) is 0 Å². The zero-order valence-electron chi connectivity index (χ0n) is 20.8. The Morgan fingerprint density at radius 2 is 1.16 bits per heavy atom. The van der Waals surface area contributed by atoms with Gasteiger partial charge < -0.3 is 0 Å². The van der Waals surface area contributed by atoms with Gasteiger partial charge in [-0.05, 0) is 29.5 Å². The smallest absolute Gasteiger partial charge is 0.159 e. The van der Waals surface area contributed by atoms with Gasteiger partial charge in [0.1, 0.15) is 0 Å². The number of pyridine rings is 1. The molecule has 2 aromatic heterocycles. The van der Waals surface area contributed by atoms with Crippen LogP contribution in [0.15, 0.2) is 127 Å². The number of hydrogen-bond donors (Lipinski definition) is 0. The number of aliphatic imine (C=N–C) groups is 1. The van der Waals surface area contributed by atoms with Crippen molar-refractivity contribution in [3.05, 3.63) is 128 Å². The van der Waals surface area contributed by atoms with E-state index in [1.54, 1.807) is 6.08 Å². The van der Waals surface area contributed by atoms with Gasteiger partial charge >= 0.3 is 0 Å². The van der Waals surface area contributed by atoms with Crippen LogP contribution in [0.2, 0.25) is 0 Å². The summed E-state index contributed by atoms with van der Waals surface area (Å²) in [6.07, 6.45) is 5.53. The molecule has 0 atom stereocenters. The van der Waals surface area contributed by atoms with Gasteiger partial charge in [0, 0.05) is 40.0 Å². The van der Waals surface area contributed by atoms with Gasteiger partial charge in [0.2, 0.25) is 0 Å². The van der Waals surface area contributed by atoms with Gasteiger partial charge in [0.15, 0.2) is 5.82 Å². The molecule has 0 spiro atoms. The van der Waals surface area contributed by atoms with Crippen LogP contribution in [-0.4, -0.2) is 21.7 Å². The lowest BCUT2D eigenvalue weighted by Gasteiger charge is -2.09. The number of benzene rings is 4. The minimum absolute atomic E-state index is 0.710. The maximum atomic E-state index is 4.90. The van der Waals surface area contributed by atoms with Gasteiger partial charge in [0.05, 0.1) is 16.9 Å². The third-order valence-electron chi connectivity index (χ3n) is 6.66. The lowest BCUT2D eigenvalue weighted by molar-refractivity contribution is 1.18. The summed E-state index contributed by atoms with van der Waals surface area (Å²) in [6.45, 7) is 7.61. The fourth-order valence-electron chi connectivity index (χ4n) is 4.58. The average molecular weight is 489 g/mol. The zero-order valence-corrected chi connectivity index (χ0v) is 20.8. The highest BCUT2D eigenvalue weighted by Crippen LogP contribution is 2.32. The van der Waals surface area contributed by atoms with Crippen LogP contribution in [0.1, 0.15) is 5.56 Å². The largest absolute Gasteiger partial charge is 0.262 e. The fourth-order valence-corrected chi connectivity index (χ4v) is 4.58. The molecule has 0 radical (unpaired) electrons. The molecule has 0 aliphatic heterocycles. The van der Waals surface area contributed by atoms with Crippen molar-refractivity contribution in [3.63, 3.8) is 0 Å². The molecule has 0 saturated heterocycles. The highest BCUT2D eigenvalue weighted by Gasteiger charge is 2.09. The first kappa shape index (κ1) is 23.2. The minimum Gasteiger partial charge on any atom is -0.262 e. The molecule has 6 aromatic rings. The van der Waals surface area contributed by atoms with E-state index in [-0.39, 0.29) is 0 Å². The number of fused-ring (bicyclic) bond motifs is 1. The van der Waals surface area contributed by atoms with Crippen molar-refractivity contribution in [2.24, 2.45) is 4.99 Å². The molecule has 6 rings (SSSR count). The van der Waals surface area contributed by atoms with Crippen LogP contribution >= 0.6 is 0 Å². The molecule has 0 amide bonds. The zero-order chi connectivity index (χ0) is 25.9. The quantitative estimate of drug-likeness (QED) is 0.220. The molecule has 0 aliphatic carbocycles. The Balaban J connectivity index is 1.24. The molecule has 0 fully saturated rings. The number of aromatic nitrogens is 3. The van der Waals surface area contributed by atoms with Gasteiger partial charge in [0.25, 0.3) is 0 Å². The van der Waals surface area contributed by atoms with Crippen LogP contribution in [0.3, 0.4) is 0 Å². The molecule has 4 aromatic carbocycles. The van der Waals surface area contributed by atoms with Crippen LogP contribution < -0.4 is 0 Å². The van der Waals surface area contributed by atoms with E-state index < -0.39 is 0 Å². The average Bonchev–Trinajstić information content (AvgIpc) is 3.01. The molecule has 2 heterocycles. The Labute approximate surface area is 221 Å². The predicted molar refractivity (Wildman–Crippen MR) is 158 cm³/mol. The molecular weight excluding hydrogens is 464 g/mol. The van der Waals surface area contributed by atoms with E-state index in [1.165, 1.54) is 0 Å². The lowest BCUT2D eigenvalue weighted by atomic mass is 10.0. The number of hydrogen-bond acceptors (Lipinski definition) is 4. The molecule has 0 bridgehead atoms. The molecule has 180 valence electrons. The summed E-state index contributed by atoms with van der Waals surface area (Å²) in [5.41, 5.74) is 9.79. The van der Waals surface area contributed by atoms with Crippen LogP contribution in [0, 0.1) is 0 Å². The molecular formula is C34H24N4. The van der Waals surface area contributed by atoms with Gasteiger partial charge in [-0.3, -0.25) is 4.99 Å². The second kappa shape index (κ2) is 10.0. The van der Waals surface area contributed by atoms with Crippen molar-refractivity contribution >= 4 is 29.4 Å². The second-order valence-corrected chi connectivity index (χ2v) is 8.95. The Bertz CT molecular complexity index is 1750.